The molecule has 0 radical (unpaired) electrons. The molecular formula is C23H28N4OS. The zero-order valence-corrected chi connectivity index (χ0v) is 17.7. The van der Waals surface area contributed by atoms with Gasteiger partial charge in [0.1, 0.15) is 0 Å². The molecule has 0 saturated carbocycles. The second-order valence-corrected chi connectivity index (χ2v) is 8.81. The number of fused-ring (bicyclic) bond motifs is 1. The number of likely N-dealkylation sites (tertiary alicyclic amines) is 1. The molecule has 152 valence electrons. The van der Waals surface area contributed by atoms with Crippen LogP contribution in [0.2, 0.25) is 0 Å². The molecule has 6 heteroatoms. The predicted molar refractivity (Wildman–Crippen MR) is 122 cm³/mol. The zero-order chi connectivity index (χ0) is 20.1. The molecule has 4 rings (SSSR count). The van der Waals surface area contributed by atoms with Crippen molar-refractivity contribution in [3.63, 3.8) is 0 Å². The lowest BCUT2D eigenvalue weighted by Gasteiger charge is -2.18. The molecule has 0 unspecified atom stereocenters. The molecule has 3 aromatic rings. The van der Waals surface area contributed by atoms with Gasteiger partial charge in [0.15, 0.2) is 5.13 Å². The number of carbonyl (C=O) groups is 1. The van der Waals surface area contributed by atoms with Gasteiger partial charge in [0.2, 0.25) is 5.91 Å². The number of hydrogen-bond donors (Lipinski definition) is 2. The van der Waals surface area contributed by atoms with Crippen LogP contribution in [0.25, 0.3) is 10.2 Å². The van der Waals surface area contributed by atoms with E-state index >= 15 is 0 Å². The highest BCUT2D eigenvalue weighted by atomic mass is 32.1. The van der Waals surface area contributed by atoms with Crippen LogP contribution in [0.4, 0.5) is 10.8 Å². The van der Waals surface area contributed by atoms with Crippen LogP contribution in [-0.4, -0.2) is 35.4 Å². The fraction of sp³-hybridized carbons (Fsp3) is 0.391. The van der Waals surface area contributed by atoms with Crippen molar-refractivity contribution < 1.29 is 4.79 Å². The molecule has 0 bridgehead atoms. The summed E-state index contributed by atoms with van der Waals surface area (Å²) < 4.78 is 1.07. The predicted octanol–water partition coefficient (Wildman–Crippen LogP) is 5.03. The maximum absolute atomic E-state index is 12.4. The Hall–Kier alpha value is -2.44. The molecule has 2 N–H and O–H groups in total. The Bertz CT molecular complexity index is 959. The standard InChI is InChI=1S/C23H28N4OS/c1-17-6-8-18(9-7-17)15-24-19-10-11-20-21(14-19)29-23(25-20)26-22(28)16-27-12-4-2-3-5-13-27/h6-11,14,24H,2-5,12-13,15-16H2,1H3,(H,25,26,28). The minimum Gasteiger partial charge on any atom is -0.381 e. The molecule has 0 spiro atoms. The molecule has 1 fully saturated rings. The van der Waals surface area contributed by atoms with Crippen LogP contribution in [0.5, 0.6) is 0 Å². The van der Waals surface area contributed by atoms with E-state index in [0.29, 0.717) is 11.7 Å². The van der Waals surface area contributed by atoms with Crippen molar-refractivity contribution in [2.75, 3.05) is 30.3 Å². The van der Waals surface area contributed by atoms with Gasteiger partial charge in [0, 0.05) is 12.2 Å². The Morgan fingerprint density at radius 2 is 1.83 bits per heavy atom. The Kier molecular flexibility index (Phi) is 6.42. The lowest BCUT2D eigenvalue weighted by molar-refractivity contribution is -0.117. The van der Waals surface area contributed by atoms with E-state index in [0.717, 1.165) is 35.5 Å². The first-order valence-electron chi connectivity index (χ1n) is 10.4. The van der Waals surface area contributed by atoms with E-state index in [1.165, 1.54) is 48.1 Å². The number of aryl methyl sites for hydroxylation is 1. The third-order valence-corrected chi connectivity index (χ3v) is 6.25. The van der Waals surface area contributed by atoms with E-state index in [4.69, 9.17) is 0 Å². The third kappa shape index (κ3) is 5.55. The summed E-state index contributed by atoms with van der Waals surface area (Å²) in [5.74, 6) is 0.0312. The first kappa shape index (κ1) is 19.9. The van der Waals surface area contributed by atoms with Crippen molar-refractivity contribution in [3.8, 4) is 0 Å². The van der Waals surface area contributed by atoms with Crippen molar-refractivity contribution in [3.05, 3.63) is 53.6 Å². The fourth-order valence-corrected chi connectivity index (χ4v) is 4.58. The van der Waals surface area contributed by atoms with E-state index in [-0.39, 0.29) is 5.91 Å². The molecule has 0 atom stereocenters. The van der Waals surface area contributed by atoms with Gasteiger partial charge in [-0.05, 0) is 56.6 Å². The van der Waals surface area contributed by atoms with Gasteiger partial charge in [-0.3, -0.25) is 9.69 Å². The Morgan fingerprint density at radius 3 is 2.59 bits per heavy atom. The monoisotopic (exact) mass is 408 g/mol. The summed E-state index contributed by atoms with van der Waals surface area (Å²) >= 11 is 1.53. The van der Waals surface area contributed by atoms with E-state index in [1.807, 2.05) is 12.1 Å². The minimum atomic E-state index is 0.0312. The van der Waals surface area contributed by atoms with Crippen LogP contribution in [0.15, 0.2) is 42.5 Å². The largest absolute Gasteiger partial charge is 0.381 e. The van der Waals surface area contributed by atoms with Gasteiger partial charge in [-0.1, -0.05) is 54.0 Å². The van der Waals surface area contributed by atoms with Crippen LogP contribution in [0.3, 0.4) is 0 Å². The lowest BCUT2D eigenvalue weighted by Crippen LogP contribution is -2.33. The van der Waals surface area contributed by atoms with Gasteiger partial charge in [-0.15, -0.1) is 0 Å². The van der Waals surface area contributed by atoms with Crippen LogP contribution in [0.1, 0.15) is 36.8 Å². The van der Waals surface area contributed by atoms with E-state index in [9.17, 15) is 4.79 Å². The van der Waals surface area contributed by atoms with E-state index in [2.05, 4.69) is 57.8 Å². The SMILES string of the molecule is Cc1ccc(CNc2ccc3nc(NC(=O)CN4CCCCCC4)sc3c2)cc1. The summed E-state index contributed by atoms with van der Waals surface area (Å²) in [5.41, 5.74) is 4.50. The number of anilines is 2. The molecule has 1 amide bonds. The number of rotatable bonds is 6. The van der Waals surface area contributed by atoms with Crippen LogP contribution in [-0.2, 0) is 11.3 Å². The van der Waals surface area contributed by atoms with E-state index in [1.54, 1.807) is 0 Å². The Labute approximate surface area is 176 Å². The number of aromatic nitrogens is 1. The van der Waals surface area contributed by atoms with E-state index < -0.39 is 0 Å². The van der Waals surface area contributed by atoms with Crippen LogP contribution in [0, 0.1) is 6.92 Å². The fourth-order valence-electron chi connectivity index (χ4n) is 3.65. The lowest BCUT2D eigenvalue weighted by atomic mass is 10.1. The number of nitrogens with one attached hydrogen (secondary N) is 2. The average Bonchev–Trinajstić information content (AvgIpc) is 2.92. The highest BCUT2D eigenvalue weighted by molar-refractivity contribution is 7.22. The molecule has 29 heavy (non-hydrogen) atoms. The van der Waals surface area contributed by atoms with Crippen LogP contribution < -0.4 is 10.6 Å². The quantitative estimate of drug-likeness (QED) is 0.600. The Morgan fingerprint density at radius 1 is 1.07 bits per heavy atom. The molecule has 1 saturated heterocycles. The first-order chi connectivity index (χ1) is 14.2. The zero-order valence-electron chi connectivity index (χ0n) is 16.9. The summed E-state index contributed by atoms with van der Waals surface area (Å²) in [6.45, 7) is 5.37. The number of benzene rings is 2. The normalized spacial score (nSPS) is 15.2. The highest BCUT2D eigenvalue weighted by Crippen LogP contribution is 2.28. The van der Waals surface area contributed by atoms with Gasteiger partial charge in [-0.25, -0.2) is 4.98 Å². The Balaban J connectivity index is 1.36. The topological polar surface area (TPSA) is 57.3 Å². The van der Waals surface area contributed by atoms with Gasteiger partial charge >= 0.3 is 0 Å². The summed E-state index contributed by atoms with van der Waals surface area (Å²) in [6.07, 6.45) is 4.92. The number of thiazole rings is 1. The van der Waals surface area contributed by atoms with Gasteiger partial charge in [0.05, 0.1) is 16.8 Å². The van der Waals surface area contributed by atoms with Gasteiger partial charge in [-0.2, -0.15) is 0 Å². The maximum Gasteiger partial charge on any atom is 0.240 e. The summed E-state index contributed by atoms with van der Waals surface area (Å²) in [5, 5.41) is 7.13. The van der Waals surface area contributed by atoms with Gasteiger partial charge in [0.25, 0.3) is 0 Å². The van der Waals surface area contributed by atoms with Crippen molar-refractivity contribution in [1.29, 1.82) is 0 Å². The molecule has 1 aliphatic heterocycles. The number of carbonyl (C=O) groups excluding carboxylic acids is 1. The molecular weight excluding hydrogens is 380 g/mol. The summed E-state index contributed by atoms with van der Waals surface area (Å²) in [6, 6.07) is 14.7. The van der Waals surface area contributed by atoms with Crippen molar-refractivity contribution >= 4 is 38.3 Å². The smallest absolute Gasteiger partial charge is 0.240 e. The first-order valence-corrected chi connectivity index (χ1v) is 11.2. The second-order valence-electron chi connectivity index (χ2n) is 7.78. The third-order valence-electron chi connectivity index (χ3n) is 5.32. The molecule has 5 nitrogen and oxygen atoms in total. The molecule has 1 aromatic heterocycles. The molecule has 2 aromatic carbocycles. The molecule has 1 aliphatic rings. The second kappa shape index (κ2) is 9.37. The van der Waals surface area contributed by atoms with Crippen molar-refractivity contribution in [2.45, 2.75) is 39.2 Å². The van der Waals surface area contributed by atoms with Crippen molar-refractivity contribution in [1.82, 2.24) is 9.88 Å². The summed E-state index contributed by atoms with van der Waals surface area (Å²) in [4.78, 5) is 19.2. The number of hydrogen-bond acceptors (Lipinski definition) is 5. The molecule has 2 heterocycles. The maximum atomic E-state index is 12.4. The van der Waals surface area contributed by atoms with Gasteiger partial charge < -0.3 is 10.6 Å². The summed E-state index contributed by atoms with van der Waals surface area (Å²) in [7, 11) is 0. The number of amides is 1. The highest BCUT2D eigenvalue weighted by Gasteiger charge is 2.14. The van der Waals surface area contributed by atoms with Crippen LogP contribution >= 0.6 is 11.3 Å². The minimum absolute atomic E-state index is 0.0312. The van der Waals surface area contributed by atoms with Crippen molar-refractivity contribution in [2.24, 2.45) is 0 Å². The number of nitrogens with zero attached hydrogens (tertiary/aromatic N) is 2. The average molecular weight is 409 g/mol. The molecule has 0 aliphatic carbocycles.